The van der Waals surface area contributed by atoms with Gasteiger partial charge in [-0.15, -0.1) is 0 Å². The zero-order chi connectivity index (χ0) is 20.8. The Hall–Kier alpha value is -2.62. The fourth-order valence-corrected chi connectivity index (χ4v) is 5.53. The first-order valence-corrected chi connectivity index (χ1v) is 10.4. The van der Waals surface area contributed by atoms with Crippen molar-refractivity contribution < 1.29 is 9.59 Å². The Labute approximate surface area is 173 Å². The van der Waals surface area contributed by atoms with E-state index >= 15 is 0 Å². The van der Waals surface area contributed by atoms with Gasteiger partial charge < -0.3 is 10.2 Å². The van der Waals surface area contributed by atoms with Gasteiger partial charge in [-0.2, -0.15) is 0 Å². The molecule has 2 fully saturated rings. The SMILES string of the molecule is Cc1ccc(C(=O)Nc2ccccc2C(=O)N2C[C@]3(C)C[C@H]2CC(C)(C)C3)cc1. The molecule has 4 rings (SSSR count). The van der Waals surface area contributed by atoms with Crippen LogP contribution in [0.25, 0.3) is 0 Å². The van der Waals surface area contributed by atoms with Crippen molar-refractivity contribution in [2.75, 3.05) is 11.9 Å². The third kappa shape index (κ3) is 3.93. The zero-order valence-corrected chi connectivity index (χ0v) is 17.8. The van der Waals surface area contributed by atoms with Crippen LogP contribution in [0, 0.1) is 17.8 Å². The van der Waals surface area contributed by atoms with Crippen molar-refractivity contribution in [1.82, 2.24) is 4.90 Å². The van der Waals surface area contributed by atoms with Crippen LogP contribution in [0.2, 0.25) is 0 Å². The Morgan fingerprint density at radius 3 is 2.41 bits per heavy atom. The van der Waals surface area contributed by atoms with Crippen LogP contribution in [0.1, 0.15) is 66.3 Å². The van der Waals surface area contributed by atoms with Gasteiger partial charge in [0.25, 0.3) is 11.8 Å². The highest BCUT2D eigenvalue weighted by Crippen LogP contribution is 2.52. The van der Waals surface area contributed by atoms with Crippen molar-refractivity contribution in [3.63, 3.8) is 0 Å². The number of likely N-dealkylation sites (tertiary alicyclic amines) is 1. The summed E-state index contributed by atoms with van der Waals surface area (Å²) in [6.45, 7) is 9.70. The Morgan fingerprint density at radius 1 is 1.00 bits per heavy atom. The summed E-state index contributed by atoms with van der Waals surface area (Å²) in [5, 5.41) is 2.95. The van der Waals surface area contributed by atoms with E-state index in [2.05, 4.69) is 26.1 Å². The Kier molecular flexibility index (Phi) is 4.76. The minimum Gasteiger partial charge on any atom is -0.335 e. The number of anilines is 1. The lowest BCUT2D eigenvalue weighted by Crippen LogP contribution is -2.38. The summed E-state index contributed by atoms with van der Waals surface area (Å²) in [6.07, 6.45) is 3.25. The summed E-state index contributed by atoms with van der Waals surface area (Å²) in [5.41, 5.74) is 3.28. The van der Waals surface area contributed by atoms with Gasteiger partial charge in [-0.3, -0.25) is 9.59 Å². The standard InChI is InChI=1S/C25H30N2O2/c1-17-9-11-18(12-10-17)22(28)26-21-8-6-5-7-20(21)23(29)27-16-25(4)14-19(27)13-24(2,3)15-25/h5-12,19H,13-16H2,1-4H3,(H,26,28)/t19-,25-/m1/s1. The molecule has 0 aromatic heterocycles. The first-order valence-electron chi connectivity index (χ1n) is 10.4. The van der Waals surface area contributed by atoms with Gasteiger partial charge in [0.05, 0.1) is 11.3 Å². The van der Waals surface area contributed by atoms with Crippen LogP contribution < -0.4 is 5.32 Å². The molecule has 1 N–H and O–H groups in total. The molecule has 1 aliphatic heterocycles. The predicted molar refractivity (Wildman–Crippen MR) is 116 cm³/mol. The van der Waals surface area contributed by atoms with E-state index in [0.717, 1.165) is 31.4 Å². The van der Waals surface area contributed by atoms with Gasteiger partial charge in [-0.1, -0.05) is 50.6 Å². The van der Waals surface area contributed by atoms with Gasteiger partial charge in [-0.25, -0.2) is 0 Å². The number of para-hydroxylation sites is 1. The molecule has 4 nitrogen and oxygen atoms in total. The molecule has 2 amide bonds. The van der Waals surface area contributed by atoms with E-state index in [9.17, 15) is 9.59 Å². The lowest BCUT2D eigenvalue weighted by atomic mass is 9.65. The number of aryl methyl sites for hydroxylation is 1. The summed E-state index contributed by atoms with van der Waals surface area (Å²) in [7, 11) is 0. The quantitative estimate of drug-likeness (QED) is 0.774. The van der Waals surface area contributed by atoms with Gasteiger partial charge in [0.2, 0.25) is 0 Å². The molecule has 1 saturated carbocycles. The average Bonchev–Trinajstić information content (AvgIpc) is 2.91. The molecule has 2 bridgehead atoms. The summed E-state index contributed by atoms with van der Waals surface area (Å²) < 4.78 is 0. The Balaban J connectivity index is 1.58. The molecule has 0 radical (unpaired) electrons. The zero-order valence-electron chi connectivity index (χ0n) is 17.8. The molecule has 1 heterocycles. The number of fused-ring (bicyclic) bond motifs is 2. The predicted octanol–water partition coefficient (Wildman–Crippen LogP) is 5.29. The second-order valence-electron chi connectivity index (χ2n) is 10.0. The monoisotopic (exact) mass is 390 g/mol. The van der Waals surface area contributed by atoms with E-state index in [1.807, 2.05) is 60.4 Å². The molecule has 0 spiro atoms. The molecule has 2 atom stereocenters. The first kappa shape index (κ1) is 19.7. The minimum absolute atomic E-state index is 0.0243. The minimum atomic E-state index is -0.196. The van der Waals surface area contributed by atoms with Crippen LogP contribution in [0.3, 0.4) is 0 Å². The number of nitrogens with zero attached hydrogens (tertiary/aromatic N) is 1. The normalized spacial score (nSPS) is 25.0. The fraction of sp³-hybridized carbons (Fsp3) is 0.440. The molecular weight excluding hydrogens is 360 g/mol. The number of carbonyl (C=O) groups is 2. The van der Waals surface area contributed by atoms with Gasteiger partial charge in [0, 0.05) is 18.2 Å². The van der Waals surface area contributed by atoms with Gasteiger partial charge in [0.1, 0.15) is 0 Å². The van der Waals surface area contributed by atoms with Crippen LogP contribution in [0.5, 0.6) is 0 Å². The topological polar surface area (TPSA) is 49.4 Å². The maximum atomic E-state index is 13.5. The van der Waals surface area contributed by atoms with Crippen molar-refractivity contribution in [1.29, 1.82) is 0 Å². The van der Waals surface area contributed by atoms with E-state index in [1.54, 1.807) is 0 Å². The highest BCUT2D eigenvalue weighted by molar-refractivity contribution is 6.09. The van der Waals surface area contributed by atoms with Gasteiger partial charge >= 0.3 is 0 Å². The van der Waals surface area contributed by atoms with Crippen molar-refractivity contribution in [3.8, 4) is 0 Å². The summed E-state index contributed by atoms with van der Waals surface area (Å²) in [6, 6.07) is 15.1. The van der Waals surface area contributed by atoms with E-state index < -0.39 is 0 Å². The third-order valence-electron chi connectivity index (χ3n) is 6.40. The third-order valence-corrected chi connectivity index (χ3v) is 6.40. The van der Waals surface area contributed by atoms with Crippen LogP contribution in [0.4, 0.5) is 5.69 Å². The molecule has 4 heteroatoms. The molecule has 29 heavy (non-hydrogen) atoms. The van der Waals surface area contributed by atoms with Gasteiger partial charge in [0.15, 0.2) is 0 Å². The van der Waals surface area contributed by atoms with Crippen molar-refractivity contribution in [3.05, 3.63) is 65.2 Å². The Morgan fingerprint density at radius 2 is 1.69 bits per heavy atom. The van der Waals surface area contributed by atoms with Gasteiger partial charge in [-0.05, 0) is 61.3 Å². The lowest BCUT2D eigenvalue weighted by molar-refractivity contribution is 0.0709. The number of hydrogen-bond acceptors (Lipinski definition) is 2. The largest absolute Gasteiger partial charge is 0.335 e. The van der Waals surface area contributed by atoms with Crippen LogP contribution in [0.15, 0.2) is 48.5 Å². The number of amides is 2. The van der Waals surface area contributed by atoms with Crippen molar-refractivity contribution in [2.45, 2.75) is 53.0 Å². The Bertz CT molecular complexity index is 948. The van der Waals surface area contributed by atoms with E-state index in [0.29, 0.717) is 16.8 Å². The second-order valence-corrected chi connectivity index (χ2v) is 10.0. The molecule has 1 aliphatic carbocycles. The number of benzene rings is 2. The average molecular weight is 391 g/mol. The smallest absolute Gasteiger partial charge is 0.256 e. The molecule has 1 saturated heterocycles. The molecule has 2 aromatic carbocycles. The lowest BCUT2D eigenvalue weighted by Gasteiger charge is -2.39. The molecule has 0 unspecified atom stereocenters. The molecule has 152 valence electrons. The van der Waals surface area contributed by atoms with E-state index in [4.69, 9.17) is 0 Å². The maximum absolute atomic E-state index is 13.5. The number of carbonyl (C=O) groups excluding carboxylic acids is 2. The number of hydrogen-bond donors (Lipinski definition) is 1. The first-order chi connectivity index (χ1) is 13.7. The summed E-state index contributed by atoms with van der Waals surface area (Å²) in [5.74, 6) is -0.172. The highest BCUT2D eigenvalue weighted by atomic mass is 16.2. The second kappa shape index (κ2) is 7.01. The van der Waals surface area contributed by atoms with Crippen molar-refractivity contribution in [2.24, 2.45) is 10.8 Å². The van der Waals surface area contributed by atoms with Crippen LogP contribution in [-0.4, -0.2) is 29.3 Å². The summed E-state index contributed by atoms with van der Waals surface area (Å²) in [4.78, 5) is 28.3. The molecule has 2 aliphatic rings. The number of nitrogens with one attached hydrogen (secondary N) is 1. The molecular formula is C25H30N2O2. The van der Waals surface area contributed by atoms with E-state index in [1.165, 1.54) is 0 Å². The highest BCUT2D eigenvalue weighted by Gasteiger charge is 2.51. The number of rotatable bonds is 3. The van der Waals surface area contributed by atoms with Crippen molar-refractivity contribution >= 4 is 17.5 Å². The van der Waals surface area contributed by atoms with Crippen LogP contribution in [-0.2, 0) is 0 Å². The maximum Gasteiger partial charge on any atom is 0.256 e. The fourth-order valence-electron chi connectivity index (χ4n) is 5.53. The van der Waals surface area contributed by atoms with E-state index in [-0.39, 0.29) is 28.7 Å². The molecule has 2 aromatic rings. The van der Waals surface area contributed by atoms with Crippen LogP contribution >= 0.6 is 0 Å². The summed E-state index contributed by atoms with van der Waals surface area (Å²) >= 11 is 0.